The molecule has 1 aromatic carbocycles. The lowest BCUT2D eigenvalue weighted by atomic mass is 9.98. The average Bonchev–Trinajstić information content (AvgIpc) is 2.66. The van der Waals surface area contributed by atoms with Crippen LogP contribution in [0.4, 0.5) is 0 Å². The molecule has 0 spiro atoms. The third kappa shape index (κ3) is 6.54. The molecular weight excluding hydrogens is 342 g/mol. The average molecular weight is 376 g/mol. The Labute approximate surface area is 162 Å². The monoisotopic (exact) mass is 375 g/mol. The summed E-state index contributed by atoms with van der Waals surface area (Å²) >= 11 is 0. The summed E-state index contributed by atoms with van der Waals surface area (Å²) in [5.41, 5.74) is 0.816. The lowest BCUT2D eigenvalue weighted by Gasteiger charge is -2.41. The second kappa shape index (κ2) is 9.74. The zero-order chi connectivity index (χ0) is 19.9. The van der Waals surface area contributed by atoms with E-state index < -0.39 is 0 Å². The number of nitrogens with one attached hydrogen (secondary N) is 2. The maximum absolute atomic E-state index is 12.6. The Morgan fingerprint density at radius 2 is 1.78 bits per heavy atom. The van der Waals surface area contributed by atoms with Gasteiger partial charge in [0.15, 0.2) is 0 Å². The zero-order valence-corrected chi connectivity index (χ0v) is 17.0. The van der Waals surface area contributed by atoms with Crippen LogP contribution in [-0.2, 0) is 9.59 Å². The number of piperidine rings is 1. The number of carbonyl (C=O) groups excluding carboxylic acids is 2. The number of hydrogen-bond donors (Lipinski definition) is 2. The van der Waals surface area contributed by atoms with E-state index in [9.17, 15) is 9.59 Å². The number of amides is 2. The van der Waals surface area contributed by atoms with Crippen molar-refractivity contribution in [1.29, 1.82) is 0 Å². The van der Waals surface area contributed by atoms with Crippen LogP contribution in [0, 0.1) is 0 Å². The van der Waals surface area contributed by atoms with E-state index in [1.54, 1.807) is 7.11 Å². The van der Waals surface area contributed by atoms with E-state index in [-0.39, 0.29) is 29.8 Å². The Morgan fingerprint density at radius 3 is 2.33 bits per heavy atom. The molecule has 0 bridgehead atoms. The van der Waals surface area contributed by atoms with Crippen LogP contribution in [0.25, 0.3) is 0 Å². The topological polar surface area (TPSA) is 70.7 Å². The summed E-state index contributed by atoms with van der Waals surface area (Å²) < 4.78 is 5.17. The van der Waals surface area contributed by atoms with Crippen molar-refractivity contribution >= 4 is 11.8 Å². The molecule has 150 valence electrons. The number of hydrogen-bond acceptors (Lipinski definition) is 4. The number of methoxy groups -OCH3 is 1. The fourth-order valence-electron chi connectivity index (χ4n) is 3.52. The minimum Gasteiger partial charge on any atom is -0.497 e. The van der Waals surface area contributed by atoms with Crippen LogP contribution < -0.4 is 15.4 Å². The van der Waals surface area contributed by atoms with Crippen LogP contribution in [-0.4, -0.2) is 49.0 Å². The van der Waals surface area contributed by atoms with E-state index >= 15 is 0 Å². The first-order valence-electron chi connectivity index (χ1n) is 9.74. The van der Waals surface area contributed by atoms with E-state index in [2.05, 4.69) is 29.4 Å². The smallest absolute Gasteiger partial charge is 0.222 e. The maximum Gasteiger partial charge on any atom is 0.222 e. The Kier molecular flexibility index (Phi) is 7.66. The molecular formula is C21H33N3O3. The number of likely N-dealkylation sites (tertiary alicyclic amines) is 1. The third-order valence-corrected chi connectivity index (χ3v) is 5.22. The third-order valence-electron chi connectivity index (χ3n) is 5.22. The SMILES string of the molecule is COc1ccc(C(CC(=O)NCC(C)(C)N2CCCCC2)NC(C)=O)cc1. The van der Waals surface area contributed by atoms with Gasteiger partial charge in [0.25, 0.3) is 0 Å². The van der Waals surface area contributed by atoms with Crippen molar-refractivity contribution in [2.24, 2.45) is 0 Å². The summed E-state index contributed by atoms with van der Waals surface area (Å²) in [5, 5.41) is 5.93. The minimum atomic E-state index is -0.355. The van der Waals surface area contributed by atoms with E-state index in [1.807, 2.05) is 24.3 Å². The highest BCUT2D eigenvalue weighted by Crippen LogP contribution is 2.22. The molecule has 6 heteroatoms. The quantitative estimate of drug-likeness (QED) is 0.733. The second-order valence-corrected chi connectivity index (χ2v) is 7.87. The second-order valence-electron chi connectivity index (χ2n) is 7.87. The molecule has 1 aromatic rings. The van der Waals surface area contributed by atoms with Gasteiger partial charge < -0.3 is 15.4 Å². The lowest BCUT2D eigenvalue weighted by Crippen LogP contribution is -2.53. The maximum atomic E-state index is 12.6. The number of nitrogens with zero attached hydrogens (tertiary/aromatic N) is 1. The van der Waals surface area contributed by atoms with Gasteiger partial charge in [0.05, 0.1) is 19.6 Å². The first kappa shape index (κ1) is 21.2. The largest absolute Gasteiger partial charge is 0.497 e. The minimum absolute atomic E-state index is 0.0605. The summed E-state index contributed by atoms with van der Waals surface area (Å²) in [5.74, 6) is 0.528. The summed E-state index contributed by atoms with van der Waals surface area (Å²) in [6.45, 7) is 8.59. The molecule has 1 aliphatic heterocycles. The number of ether oxygens (including phenoxy) is 1. The highest BCUT2D eigenvalue weighted by atomic mass is 16.5. The molecule has 1 aliphatic rings. The lowest BCUT2D eigenvalue weighted by molar-refractivity contribution is -0.123. The zero-order valence-electron chi connectivity index (χ0n) is 17.0. The molecule has 1 heterocycles. The Bertz CT molecular complexity index is 622. The van der Waals surface area contributed by atoms with Crippen molar-refractivity contribution in [3.8, 4) is 5.75 Å². The van der Waals surface area contributed by atoms with Crippen molar-refractivity contribution in [1.82, 2.24) is 15.5 Å². The molecule has 0 saturated carbocycles. The van der Waals surface area contributed by atoms with Crippen molar-refractivity contribution < 1.29 is 14.3 Å². The molecule has 2 N–H and O–H groups in total. The van der Waals surface area contributed by atoms with Gasteiger partial charge in [0.2, 0.25) is 11.8 Å². The molecule has 2 amide bonds. The molecule has 27 heavy (non-hydrogen) atoms. The van der Waals surface area contributed by atoms with Crippen molar-refractivity contribution in [2.45, 2.75) is 58.0 Å². The van der Waals surface area contributed by atoms with Gasteiger partial charge in [0, 0.05) is 19.0 Å². The molecule has 0 radical (unpaired) electrons. The normalized spacial score (nSPS) is 16.4. The van der Waals surface area contributed by atoms with Crippen molar-refractivity contribution in [3.05, 3.63) is 29.8 Å². The van der Waals surface area contributed by atoms with Gasteiger partial charge in [-0.3, -0.25) is 14.5 Å². The van der Waals surface area contributed by atoms with Crippen LogP contribution in [0.1, 0.15) is 58.1 Å². The summed E-state index contributed by atoms with van der Waals surface area (Å²) in [4.78, 5) is 26.6. The van der Waals surface area contributed by atoms with Crippen LogP contribution in [0.15, 0.2) is 24.3 Å². The fraction of sp³-hybridized carbons (Fsp3) is 0.619. The van der Waals surface area contributed by atoms with E-state index in [0.717, 1.165) is 24.4 Å². The standard InChI is InChI=1S/C21H33N3O3/c1-16(25)23-19(17-8-10-18(27-4)11-9-17)14-20(26)22-15-21(2,3)24-12-6-5-7-13-24/h8-11,19H,5-7,12-15H2,1-4H3,(H,22,26)(H,23,25). The van der Waals surface area contributed by atoms with Gasteiger partial charge in [-0.1, -0.05) is 18.6 Å². The number of rotatable bonds is 8. The summed E-state index contributed by atoms with van der Waals surface area (Å²) in [7, 11) is 1.61. The van der Waals surface area contributed by atoms with Gasteiger partial charge >= 0.3 is 0 Å². The molecule has 6 nitrogen and oxygen atoms in total. The van der Waals surface area contributed by atoms with E-state index in [0.29, 0.717) is 6.54 Å². The molecule has 0 aromatic heterocycles. The predicted octanol–water partition coefficient (Wildman–Crippen LogP) is 2.64. The molecule has 1 saturated heterocycles. The number of benzene rings is 1. The predicted molar refractivity (Wildman–Crippen MR) is 107 cm³/mol. The molecule has 0 aliphatic carbocycles. The first-order valence-corrected chi connectivity index (χ1v) is 9.74. The summed E-state index contributed by atoms with van der Waals surface area (Å²) in [6, 6.07) is 7.07. The van der Waals surface area contributed by atoms with Gasteiger partial charge in [-0.2, -0.15) is 0 Å². The van der Waals surface area contributed by atoms with Crippen LogP contribution in [0.2, 0.25) is 0 Å². The van der Waals surface area contributed by atoms with Crippen LogP contribution in [0.5, 0.6) is 5.75 Å². The Balaban J connectivity index is 1.95. The molecule has 1 unspecified atom stereocenters. The van der Waals surface area contributed by atoms with Crippen molar-refractivity contribution in [2.75, 3.05) is 26.7 Å². The highest BCUT2D eigenvalue weighted by molar-refractivity contribution is 5.79. The number of carbonyl (C=O) groups is 2. The van der Waals surface area contributed by atoms with Gasteiger partial charge in [0.1, 0.15) is 5.75 Å². The van der Waals surface area contributed by atoms with Crippen LogP contribution >= 0.6 is 0 Å². The molecule has 1 atom stereocenters. The van der Waals surface area contributed by atoms with E-state index in [1.165, 1.54) is 26.2 Å². The fourth-order valence-corrected chi connectivity index (χ4v) is 3.52. The van der Waals surface area contributed by atoms with Gasteiger partial charge in [-0.15, -0.1) is 0 Å². The highest BCUT2D eigenvalue weighted by Gasteiger charge is 2.28. The van der Waals surface area contributed by atoms with Gasteiger partial charge in [-0.05, 0) is 57.5 Å². The van der Waals surface area contributed by atoms with Crippen molar-refractivity contribution in [3.63, 3.8) is 0 Å². The Hall–Kier alpha value is -2.08. The molecule has 1 fully saturated rings. The van der Waals surface area contributed by atoms with Gasteiger partial charge in [-0.25, -0.2) is 0 Å². The van der Waals surface area contributed by atoms with E-state index in [4.69, 9.17) is 4.74 Å². The first-order chi connectivity index (χ1) is 12.8. The Morgan fingerprint density at radius 1 is 1.15 bits per heavy atom. The molecule has 2 rings (SSSR count). The van der Waals surface area contributed by atoms with Crippen LogP contribution in [0.3, 0.4) is 0 Å². The summed E-state index contributed by atoms with van der Waals surface area (Å²) in [6.07, 6.45) is 3.94.